The first kappa shape index (κ1) is 16.0. The first-order valence-corrected chi connectivity index (χ1v) is 8.73. The first-order chi connectivity index (χ1) is 9.94. The molecule has 2 rings (SSSR count). The van der Waals surface area contributed by atoms with Crippen molar-refractivity contribution in [2.24, 2.45) is 0 Å². The maximum Gasteiger partial charge on any atom is 0.261 e. The number of anilines is 1. The lowest BCUT2D eigenvalue weighted by Crippen LogP contribution is -2.14. The minimum atomic E-state index is -3.58. The van der Waals surface area contributed by atoms with E-state index in [-0.39, 0.29) is 4.90 Å². The van der Waals surface area contributed by atoms with E-state index in [4.69, 9.17) is 0 Å². The monoisotopic (exact) mass is 368 g/mol. The van der Waals surface area contributed by atoms with Crippen molar-refractivity contribution in [1.82, 2.24) is 5.32 Å². The van der Waals surface area contributed by atoms with Crippen molar-refractivity contribution in [3.8, 4) is 0 Å². The van der Waals surface area contributed by atoms with Crippen molar-refractivity contribution in [1.29, 1.82) is 0 Å². The Hall–Kier alpha value is -1.37. The highest BCUT2D eigenvalue weighted by Crippen LogP contribution is 2.25. The molecule has 21 heavy (non-hydrogen) atoms. The van der Waals surface area contributed by atoms with Crippen LogP contribution < -0.4 is 10.0 Å². The summed E-state index contributed by atoms with van der Waals surface area (Å²) in [4.78, 5) is 0.252. The van der Waals surface area contributed by atoms with Crippen LogP contribution in [0.25, 0.3) is 0 Å². The quantitative estimate of drug-likeness (QED) is 0.851. The summed E-state index contributed by atoms with van der Waals surface area (Å²) in [6.45, 7) is 2.57. The maximum absolute atomic E-state index is 12.4. The molecule has 0 heterocycles. The summed E-state index contributed by atoms with van der Waals surface area (Å²) < 4.78 is 28.3. The molecule has 0 unspecified atom stereocenters. The van der Waals surface area contributed by atoms with Gasteiger partial charge in [0, 0.05) is 11.0 Å². The van der Waals surface area contributed by atoms with Crippen molar-refractivity contribution in [2.75, 3.05) is 11.8 Å². The van der Waals surface area contributed by atoms with Gasteiger partial charge in [0.15, 0.2) is 0 Å². The Balaban J connectivity index is 2.27. The van der Waals surface area contributed by atoms with Crippen LogP contribution >= 0.6 is 15.9 Å². The molecule has 0 aliphatic heterocycles. The molecule has 2 aromatic carbocycles. The van der Waals surface area contributed by atoms with E-state index in [0.717, 1.165) is 15.6 Å². The fraction of sp³-hybridized carbons (Fsp3) is 0.200. The Morgan fingerprint density at radius 3 is 2.38 bits per heavy atom. The minimum Gasteiger partial charge on any atom is -0.316 e. The number of nitrogens with one attached hydrogen (secondary N) is 2. The first-order valence-electron chi connectivity index (χ1n) is 6.45. The predicted molar refractivity (Wildman–Crippen MR) is 88.9 cm³/mol. The van der Waals surface area contributed by atoms with Crippen LogP contribution in [-0.2, 0) is 16.6 Å². The molecule has 0 aliphatic rings. The van der Waals surface area contributed by atoms with Gasteiger partial charge in [0.1, 0.15) is 0 Å². The van der Waals surface area contributed by atoms with Crippen LogP contribution in [0.3, 0.4) is 0 Å². The number of rotatable bonds is 5. The fourth-order valence-electron chi connectivity index (χ4n) is 1.91. The van der Waals surface area contributed by atoms with Gasteiger partial charge in [0.25, 0.3) is 10.0 Å². The Kier molecular flexibility index (Phi) is 5.03. The molecule has 0 radical (unpaired) electrons. The Morgan fingerprint density at radius 2 is 1.76 bits per heavy atom. The molecule has 0 saturated heterocycles. The number of hydrogen-bond donors (Lipinski definition) is 2. The van der Waals surface area contributed by atoms with Crippen molar-refractivity contribution in [2.45, 2.75) is 18.4 Å². The fourth-order valence-corrected chi connectivity index (χ4v) is 3.40. The second-order valence-corrected chi connectivity index (χ2v) is 7.23. The predicted octanol–water partition coefficient (Wildman–Crippen LogP) is 3.28. The topological polar surface area (TPSA) is 58.2 Å². The van der Waals surface area contributed by atoms with Gasteiger partial charge in [-0.2, -0.15) is 0 Å². The summed E-state index contributed by atoms with van der Waals surface area (Å²) in [6.07, 6.45) is 0. The average molecular weight is 369 g/mol. The summed E-state index contributed by atoms with van der Waals surface area (Å²) in [5, 5.41) is 3.03. The van der Waals surface area contributed by atoms with E-state index in [2.05, 4.69) is 26.0 Å². The van der Waals surface area contributed by atoms with Crippen molar-refractivity contribution < 1.29 is 8.42 Å². The highest BCUT2D eigenvalue weighted by molar-refractivity contribution is 9.10. The Morgan fingerprint density at radius 1 is 1.10 bits per heavy atom. The highest BCUT2D eigenvalue weighted by Gasteiger charge is 2.15. The summed E-state index contributed by atoms with van der Waals surface area (Å²) in [5.74, 6) is 0. The second-order valence-electron chi connectivity index (χ2n) is 4.69. The van der Waals surface area contributed by atoms with Gasteiger partial charge in [0.2, 0.25) is 0 Å². The third-order valence-corrected chi connectivity index (χ3v) is 5.37. The molecule has 0 atom stereocenters. The second kappa shape index (κ2) is 6.60. The highest BCUT2D eigenvalue weighted by atomic mass is 79.9. The van der Waals surface area contributed by atoms with E-state index >= 15 is 0 Å². The average Bonchev–Trinajstić information content (AvgIpc) is 2.45. The van der Waals surface area contributed by atoms with Crippen LogP contribution in [0.5, 0.6) is 0 Å². The molecule has 0 saturated carbocycles. The van der Waals surface area contributed by atoms with Crippen molar-refractivity contribution in [3.63, 3.8) is 0 Å². The molecule has 0 aromatic heterocycles. The van der Waals surface area contributed by atoms with Crippen molar-refractivity contribution >= 4 is 31.6 Å². The van der Waals surface area contributed by atoms with E-state index in [1.54, 1.807) is 36.4 Å². The molecule has 6 heteroatoms. The van der Waals surface area contributed by atoms with Crippen LogP contribution in [0.1, 0.15) is 11.1 Å². The molecule has 112 valence electrons. The lowest BCUT2D eigenvalue weighted by atomic mass is 10.2. The van der Waals surface area contributed by atoms with E-state index in [1.807, 2.05) is 20.0 Å². The standard InChI is InChI=1S/C15H17BrN2O2S/c1-11-14(16)4-3-5-15(11)18-21(19,20)13-8-6-12(7-9-13)10-17-2/h3-9,17-18H,10H2,1-2H3. The number of halogens is 1. The minimum absolute atomic E-state index is 0.252. The number of hydrogen-bond acceptors (Lipinski definition) is 3. The van der Waals surface area contributed by atoms with Crippen LogP contribution in [0, 0.1) is 6.92 Å². The molecule has 2 aromatic rings. The zero-order chi connectivity index (χ0) is 15.5. The van der Waals surface area contributed by atoms with Gasteiger partial charge in [0.05, 0.1) is 10.6 Å². The van der Waals surface area contributed by atoms with Crippen LogP contribution in [0.2, 0.25) is 0 Å². The number of sulfonamides is 1. The van der Waals surface area contributed by atoms with E-state index < -0.39 is 10.0 Å². The van der Waals surface area contributed by atoms with Crippen LogP contribution in [-0.4, -0.2) is 15.5 Å². The summed E-state index contributed by atoms with van der Waals surface area (Å²) in [7, 11) is -1.73. The summed E-state index contributed by atoms with van der Waals surface area (Å²) in [6, 6.07) is 12.2. The lowest BCUT2D eigenvalue weighted by Gasteiger charge is -2.12. The maximum atomic E-state index is 12.4. The third kappa shape index (κ3) is 3.84. The smallest absolute Gasteiger partial charge is 0.261 e. The van der Waals surface area contributed by atoms with Crippen molar-refractivity contribution in [3.05, 3.63) is 58.1 Å². The summed E-state index contributed by atoms with van der Waals surface area (Å²) >= 11 is 3.39. The SMILES string of the molecule is CNCc1ccc(S(=O)(=O)Nc2cccc(Br)c2C)cc1. The van der Waals surface area contributed by atoms with E-state index in [9.17, 15) is 8.42 Å². The molecule has 4 nitrogen and oxygen atoms in total. The van der Waals surface area contributed by atoms with Crippen LogP contribution in [0.4, 0.5) is 5.69 Å². The molecule has 0 fully saturated rings. The van der Waals surface area contributed by atoms with Gasteiger partial charge in [-0.25, -0.2) is 8.42 Å². The zero-order valence-corrected chi connectivity index (χ0v) is 14.3. The zero-order valence-electron chi connectivity index (χ0n) is 11.9. The van der Waals surface area contributed by atoms with Gasteiger partial charge in [-0.1, -0.05) is 34.1 Å². The van der Waals surface area contributed by atoms with Crippen LogP contribution in [0.15, 0.2) is 51.8 Å². The number of benzene rings is 2. The van der Waals surface area contributed by atoms with Gasteiger partial charge < -0.3 is 5.32 Å². The summed E-state index contributed by atoms with van der Waals surface area (Å²) in [5.41, 5.74) is 2.46. The van der Waals surface area contributed by atoms with E-state index in [1.165, 1.54) is 0 Å². The molecule has 0 spiro atoms. The molecule has 0 amide bonds. The normalized spacial score (nSPS) is 11.4. The van der Waals surface area contributed by atoms with Gasteiger partial charge in [-0.15, -0.1) is 0 Å². The van der Waals surface area contributed by atoms with Gasteiger partial charge in [-0.05, 0) is 49.4 Å². The molecule has 0 aliphatic carbocycles. The lowest BCUT2D eigenvalue weighted by molar-refractivity contribution is 0.601. The largest absolute Gasteiger partial charge is 0.316 e. The molecule has 0 bridgehead atoms. The van der Waals surface area contributed by atoms with E-state index in [0.29, 0.717) is 12.2 Å². The van der Waals surface area contributed by atoms with Gasteiger partial charge >= 0.3 is 0 Å². The molecule has 2 N–H and O–H groups in total. The Bertz CT molecular complexity index is 728. The molecular formula is C15H17BrN2O2S. The Labute approximate surface area is 133 Å². The third-order valence-electron chi connectivity index (χ3n) is 3.13. The molecular weight excluding hydrogens is 352 g/mol. The van der Waals surface area contributed by atoms with Gasteiger partial charge in [-0.3, -0.25) is 4.72 Å².